The standard InChI is InChI=1S/C12H19ClSi/c1-4-8-11(2)14(3,13)12-9-6-5-7-10-12/h5-7,9-11H,4,8H2,1-3H3. The van der Waals surface area contributed by atoms with Gasteiger partial charge >= 0.3 is 0 Å². The normalized spacial score (nSPS) is 17.4. The summed E-state index contributed by atoms with van der Waals surface area (Å²) < 4.78 is 0. The van der Waals surface area contributed by atoms with E-state index < -0.39 is 7.38 Å². The van der Waals surface area contributed by atoms with Crippen LogP contribution in [0.4, 0.5) is 0 Å². The Hall–Kier alpha value is -0.273. The number of rotatable bonds is 4. The molecule has 2 heteroatoms. The van der Waals surface area contributed by atoms with E-state index in [0.717, 1.165) is 0 Å². The molecule has 1 aromatic rings. The van der Waals surface area contributed by atoms with Crippen LogP contribution in [-0.2, 0) is 0 Å². The summed E-state index contributed by atoms with van der Waals surface area (Å²) in [6.07, 6.45) is 2.46. The lowest BCUT2D eigenvalue weighted by molar-refractivity contribution is 0.755. The van der Waals surface area contributed by atoms with Gasteiger partial charge in [-0.05, 0) is 10.7 Å². The Morgan fingerprint density at radius 3 is 2.36 bits per heavy atom. The summed E-state index contributed by atoms with van der Waals surface area (Å²) in [5, 5.41) is 1.36. The van der Waals surface area contributed by atoms with Gasteiger partial charge in [0.2, 0.25) is 0 Å². The lowest BCUT2D eigenvalue weighted by atomic mass is 10.3. The maximum absolute atomic E-state index is 6.73. The molecule has 14 heavy (non-hydrogen) atoms. The van der Waals surface area contributed by atoms with Crippen molar-refractivity contribution in [2.24, 2.45) is 0 Å². The molecule has 0 radical (unpaired) electrons. The Kier molecular flexibility index (Phi) is 4.21. The van der Waals surface area contributed by atoms with Crippen LogP contribution in [0.1, 0.15) is 26.7 Å². The van der Waals surface area contributed by atoms with Gasteiger partial charge in [-0.15, -0.1) is 0 Å². The van der Waals surface area contributed by atoms with Gasteiger partial charge in [-0.3, -0.25) is 0 Å². The second-order valence-electron chi connectivity index (χ2n) is 4.13. The van der Waals surface area contributed by atoms with Gasteiger partial charge in [0.05, 0.1) is 0 Å². The molecule has 0 aliphatic heterocycles. The van der Waals surface area contributed by atoms with Crippen molar-refractivity contribution in [2.75, 3.05) is 0 Å². The van der Waals surface area contributed by atoms with Crippen molar-refractivity contribution in [1.29, 1.82) is 0 Å². The Morgan fingerprint density at radius 2 is 1.86 bits per heavy atom. The van der Waals surface area contributed by atoms with E-state index in [1.807, 2.05) is 0 Å². The molecule has 0 spiro atoms. The topological polar surface area (TPSA) is 0 Å². The smallest absolute Gasteiger partial charge is 0.161 e. The van der Waals surface area contributed by atoms with Crippen LogP contribution in [0.25, 0.3) is 0 Å². The molecule has 0 amide bonds. The Labute approximate surface area is 93.0 Å². The summed E-state index contributed by atoms with van der Waals surface area (Å²) in [5.74, 6) is 0. The van der Waals surface area contributed by atoms with Gasteiger partial charge in [0.15, 0.2) is 7.38 Å². The van der Waals surface area contributed by atoms with Crippen molar-refractivity contribution in [3.05, 3.63) is 30.3 Å². The maximum atomic E-state index is 6.73. The third kappa shape index (κ3) is 2.61. The minimum absolute atomic E-state index is 0.650. The average Bonchev–Trinajstić information content (AvgIpc) is 2.19. The zero-order chi connectivity index (χ0) is 10.6. The first kappa shape index (κ1) is 11.8. The van der Waals surface area contributed by atoms with Gasteiger partial charge in [-0.25, -0.2) is 0 Å². The van der Waals surface area contributed by atoms with E-state index in [-0.39, 0.29) is 0 Å². The molecule has 0 saturated heterocycles. The van der Waals surface area contributed by atoms with E-state index >= 15 is 0 Å². The number of hydrogen-bond donors (Lipinski definition) is 0. The molecule has 0 saturated carbocycles. The number of halogens is 1. The molecule has 0 aromatic heterocycles. The molecule has 1 rings (SSSR count). The highest BCUT2D eigenvalue weighted by molar-refractivity contribution is 7.27. The molecular weight excluding hydrogens is 208 g/mol. The molecule has 0 aliphatic rings. The van der Waals surface area contributed by atoms with Crippen LogP contribution in [0.5, 0.6) is 0 Å². The van der Waals surface area contributed by atoms with E-state index in [4.69, 9.17) is 11.1 Å². The van der Waals surface area contributed by atoms with Crippen molar-refractivity contribution in [1.82, 2.24) is 0 Å². The lowest BCUT2D eigenvalue weighted by Gasteiger charge is -2.27. The van der Waals surface area contributed by atoms with Gasteiger partial charge in [0.1, 0.15) is 0 Å². The molecule has 2 unspecified atom stereocenters. The fourth-order valence-electron chi connectivity index (χ4n) is 1.75. The Bertz CT molecular complexity index is 269. The number of hydrogen-bond acceptors (Lipinski definition) is 0. The maximum Gasteiger partial charge on any atom is 0.186 e. The van der Waals surface area contributed by atoms with Gasteiger partial charge in [0.25, 0.3) is 0 Å². The minimum Gasteiger partial charge on any atom is -0.161 e. The minimum atomic E-state index is -1.73. The lowest BCUT2D eigenvalue weighted by Crippen LogP contribution is -2.42. The van der Waals surface area contributed by atoms with Gasteiger partial charge < -0.3 is 0 Å². The Morgan fingerprint density at radius 1 is 1.29 bits per heavy atom. The van der Waals surface area contributed by atoms with Crippen molar-refractivity contribution >= 4 is 23.6 Å². The van der Waals surface area contributed by atoms with Crippen molar-refractivity contribution in [3.63, 3.8) is 0 Å². The average molecular weight is 227 g/mol. The van der Waals surface area contributed by atoms with Crippen LogP contribution in [-0.4, -0.2) is 7.38 Å². The van der Waals surface area contributed by atoms with E-state index in [2.05, 4.69) is 50.7 Å². The summed E-state index contributed by atoms with van der Waals surface area (Å²) >= 11 is 6.73. The number of benzene rings is 1. The van der Waals surface area contributed by atoms with E-state index in [1.165, 1.54) is 18.0 Å². The predicted molar refractivity (Wildman–Crippen MR) is 67.9 cm³/mol. The van der Waals surface area contributed by atoms with Crippen molar-refractivity contribution in [2.45, 2.75) is 38.8 Å². The summed E-state index contributed by atoms with van der Waals surface area (Å²) in [4.78, 5) is 0. The second-order valence-corrected chi connectivity index (χ2v) is 10.2. The fourth-order valence-corrected chi connectivity index (χ4v) is 4.70. The fraction of sp³-hybridized carbons (Fsp3) is 0.500. The molecule has 0 nitrogen and oxygen atoms in total. The van der Waals surface area contributed by atoms with E-state index in [1.54, 1.807) is 0 Å². The largest absolute Gasteiger partial charge is 0.186 e. The molecule has 78 valence electrons. The summed E-state index contributed by atoms with van der Waals surface area (Å²) in [5.41, 5.74) is 0.650. The molecule has 0 aliphatic carbocycles. The molecule has 0 heterocycles. The van der Waals surface area contributed by atoms with Crippen LogP contribution in [0.3, 0.4) is 0 Å². The van der Waals surface area contributed by atoms with Crippen molar-refractivity contribution < 1.29 is 0 Å². The van der Waals surface area contributed by atoms with Gasteiger partial charge in [0, 0.05) is 0 Å². The van der Waals surface area contributed by atoms with Crippen LogP contribution in [0.2, 0.25) is 12.1 Å². The van der Waals surface area contributed by atoms with Crippen LogP contribution in [0, 0.1) is 0 Å². The van der Waals surface area contributed by atoms with E-state index in [0.29, 0.717) is 5.54 Å². The SMILES string of the molecule is CCCC(C)[Si](C)(Cl)c1ccccc1. The molecule has 0 N–H and O–H groups in total. The van der Waals surface area contributed by atoms with Gasteiger partial charge in [-0.1, -0.05) is 63.6 Å². The zero-order valence-electron chi connectivity index (χ0n) is 9.26. The third-order valence-electron chi connectivity index (χ3n) is 2.99. The summed E-state index contributed by atoms with van der Waals surface area (Å²) in [6.45, 7) is 6.77. The first-order chi connectivity index (χ1) is 6.59. The van der Waals surface area contributed by atoms with Crippen LogP contribution < -0.4 is 5.19 Å². The second kappa shape index (κ2) is 4.99. The first-order valence-electron chi connectivity index (χ1n) is 5.33. The highest BCUT2D eigenvalue weighted by Gasteiger charge is 2.32. The molecular formula is C12H19ClSi. The highest BCUT2D eigenvalue weighted by atomic mass is 35.6. The van der Waals surface area contributed by atoms with Gasteiger partial charge in [-0.2, -0.15) is 11.1 Å². The molecule has 2 atom stereocenters. The molecule has 0 bridgehead atoms. The van der Waals surface area contributed by atoms with Crippen LogP contribution >= 0.6 is 11.1 Å². The molecule has 0 fully saturated rings. The Balaban J connectivity index is 2.84. The third-order valence-corrected chi connectivity index (χ3v) is 8.36. The highest BCUT2D eigenvalue weighted by Crippen LogP contribution is 2.29. The predicted octanol–water partition coefficient (Wildman–Crippen LogP) is 3.90. The quantitative estimate of drug-likeness (QED) is 0.540. The molecule has 1 aromatic carbocycles. The van der Waals surface area contributed by atoms with Crippen molar-refractivity contribution in [3.8, 4) is 0 Å². The summed E-state index contributed by atoms with van der Waals surface area (Å²) in [7, 11) is -1.73. The van der Waals surface area contributed by atoms with E-state index in [9.17, 15) is 0 Å². The zero-order valence-corrected chi connectivity index (χ0v) is 11.0. The monoisotopic (exact) mass is 226 g/mol. The van der Waals surface area contributed by atoms with Crippen LogP contribution in [0.15, 0.2) is 30.3 Å². The summed E-state index contributed by atoms with van der Waals surface area (Å²) in [6, 6.07) is 10.6. The first-order valence-corrected chi connectivity index (χ1v) is 8.92.